The quantitative estimate of drug-likeness (QED) is 0.426. The van der Waals surface area contributed by atoms with E-state index in [1.54, 1.807) is 24.3 Å². The molecule has 2 heterocycles. The number of fused-ring (bicyclic) bond motifs is 1. The largest absolute Gasteiger partial charge is 0.437 e. The molecule has 0 spiro atoms. The Morgan fingerprint density at radius 2 is 1.74 bits per heavy atom. The predicted octanol–water partition coefficient (Wildman–Crippen LogP) is 4.32. The first-order valence-corrected chi connectivity index (χ1v) is 10.3. The summed E-state index contributed by atoms with van der Waals surface area (Å²) in [7, 11) is 1.17. The molecule has 0 saturated heterocycles. The first kappa shape index (κ1) is 23.9. The summed E-state index contributed by atoms with van der Waals surface area (Å²) in [6, 6.07) is 12.9. The number of alkyl halides is 3. The van der Waals surface area contributed by atoms with Crippen molar-refractivity contribution in [1.82, 2.24) is 14.8 Å². The SMILES string of the molecule is Cc1c(N(C)C(=O)c2cc(C(N)=O)c3ccccc3n2)c(C(F)(F)F)nn1Cc1ccc(F)cc1. The van der Waals surface area contributed by atoms with Gasteiger partial charge in [-0.15, -0.1) is 0 Å². The number of carbonyl (C=O) groups is 2. The molecule has 0 unspecified atom stereocenters. The number of benzene rings is 2. The van der Waals surface area contributed by atoms with Gasteiger partial charge >= 0.3 is 6.18 Å². The normalized spacial score (nSPS) is 11.6. The van der Waals surface area contributed by atoms with Crippen molar-refractivity contribution in [2.75, 3.05) is 11.9 Å². The minimum absolute atomic E-state index is 0.0205. The van der Waals surface area contributed by atoms with Crippen LogP contribution in [0.15, 0.2) is 54.6 Å². The number of nitrogens with zero attached hydrogens (tertiary/aromatic N) is 4. The molecule has 4 rings (SSSR count). The zero-order chi connectivity index (χ0) is 25.5. The van der Waals surface area contributed by atoms with Gasteiger partial charge in [-0.05, 0) is 36.8 Å². The van der Waals surface area contributed by atoms with Crippen LogP contribution >= 0.6 is 0 Å². The first-order valence-electron chi connectivity index (χ1n) is 10.3. The van der Waals surface area contributed by atoms with Gasteiger partial charge in [0.2, 0.25) is 5.91 Å². The summed E-state index contributed by atoms with van der Waals surface area (Å²) in [6.45, 7) is 1.32. The zero-order valence-electron chi connectivity index (χ0n) is 18.6. The molecule has 4 aromatic rings. The molecule has 0 aliphatic heterocycles. The van der Waals surface area contributed by atoms with E-state index in [1.807, 2.05) is 0 Å². The Labute approximate surface area is 196 Å². The zero-order valence-corrected chi connectivity index (χ0v) is 18.6. The number of primary amides is 1. The highest BCUT2D eigenvalue weighted by Crippen LogP contribution is 2.38. The molecule has 2 amide bonds. The molecule has 35 heavy (non-hydrogen) atoms. The molecular weight excluding hydrogens is 466 g/mol. The Morgan fingerprint density at radius 1 is 1.09 bits per heavy atom. The number of hydrogen-bond donors (Lipinski definition) is 1. The fourth-order valence-electron chi connectivity index (χ4n) is 3.81. The molecule has 0 aliphatic rings. The number of rotatable bonds is 5. The molecule has 0 saturated carbocycles. The minimum Gasteiger partial charge on any atom is -0.366 e. The lowest BCUT2D eigenvalue weighted by Crippen LogP contribution is -2.30. The van der Waals surface area contributed by atoms with Crippen molar-refractivity contribution in [3.05, 3.63) is 88.6 Å². The van der Waals surface area contributed by atoms with Gasteiger partial charge in [-0.2, -0.15) is 18.3 Å². The van der Waals surface area contributed by atoms with Crippen LogP contribution in [-0.2, 0) is 12.7 Å². The highest BCUT2D eigenvalue weighted by atomic mass is 19.4. The summed E-state index contributed by atoms with van der Waals surface area (Å²) in [4.78, 5) is 30.2. The fourth-order valence-corrected chi connectivity index (χ4v) is 3.81. The highest BCUT2D eigenvalue weighted by Gasteiger charge is 2.41. The van der Waals surface area contributed by atoms with Gasteiger partial charge in [0.25, 0.3) is 5.91 Å². The summed E-state index contributed by atoms with van der Waals surface area (Å²) < 4.78 is 56.0. The molecule has 2 N–H and O–H groups in total. The number of carbonyl (C=O) groups excluding carboxylic acids is 2. The van der Waals surface area contributed by atoms with Crippen LogP contribution in [0, 0.1) is 12.7 Å². The number of pyridine rings is 1. The van der Waals surface area contributed by atoms with E-state index in [2.05, 4.69) is 10.1 Å². The van der Waals surface area contributed by atoms with E-state index >= 15 is 0 Å². The number of nitrogens with two attached hydrogens (primary N) is 1. The lowest BCUT2D eigenvalue weighted by Gasteiger charge is -2.19. The van der Waals surface area contributed by atoms with E-state index in [1.165, 1.54) is 38.2 Å². The molecule has 11 heteroatoms. The van der Waals surface area contributed by atoms with E-state index in [0.29, 0.717) is 16.5 Å². The third-order valence-corrected chi connectivity index (χ3v) is 5.53. The minimum atomic E-state index is -4.86. The Hall–Kier alpha value is -4.28. The van der Waals surface area contributed by atoms with Crippen LogP contribution in [0.25, 0.3) is 10.9 Å². The number of para-hydroxylation sites is 1. The van der Waals surface area contributed by atoms with E-state index < -0.39 is 35.2 Å². The summed E-state index contributed by atoms with van der Waals surface area (Å²) in [5.41, 5.74) is 4.38. The lowest BCUT2D eigenvalue weighted by molar-refractivity contribution is -0.141. The van der Waals surface area contributed by atoms with Crippen LogP contribution in [0.2, 0.25) is 0 Å². The second-order valence-corrected chi connectivity index (χ2v) is 7.87. The number of aromatic nitrogens is 3. The molecule has 0 atom stereocenters. The molecule has 0 bridgehead atoms. The van der Waals surface area contributed by atoms with Gasteiger partial charge in [0.15, 0.2) is 5.69 Å². The summed E-state index contributed by atoms with van der Waals surface area (Å²) >= 11 is 0. The second-order valence-electron chi connectivity index (χ2n) is 7.87. The van der Waals surface area contributed by atoms with Gasteiger partial charge in [0.05, 0.1) is 29.0 Å². The molecule has 0 aliphatic carbocycles. The van der Waals surface area contributed by atoms with Gasteiger partial charge in [0, 0.05) is 12.4 Å². The van der Waals surface area contributed by atoms with Crippen LogP contribution in [-0.4, -0.2) is 33.6 Å². The Morgan fingerprint density at radius 3 is 2.37 bits per heavy atom. The Kier molecular flexibility index (Phi) is 6.01. The average Bonchev–Trinajstić information content (AvgIpc) is 3.15. The maximum absolute atomic E-state index is 13.9. The second kappa shape index (κ2) is 8.82. The third kappa shape index (κ3) is 4.57. The van der Waals surface area contributed by atoms with Crippen molar-refractivity contribution in [3.63, 3.8) is 0 Å². The van der Waals surface area contributed by atoms with Crippen molar-refractivity contribution in [2.24, 2.45) is 5.73 Å². The number of anilines is 1. The molecule has 2 aromatic carbocycles. The average molecular weight is 485 g/mol. The lowest BCUT2D eigenvalue weighted by atomic mass is 10.1. The van der Waals surface area contributed by atoms with E-state index in [-0.39, 0.29) is 23.5 Å². The van der Waals surface area contributed by atoms with Gasteiger partial charge < -0.3 is 10.6 Å². The Bertz CT molecular complexity index is 1450. The number of amides is 2. The highest BCUT2D eigenvalue weighted by molar-refractivity contribution is 6.11. The molecular formula is C24H19F4N5O2. The Balaban J connectivity index is 1.79. The molecule has 2 aromatic heterocycles. The summed E-state index contributed by atoms with van der Waals surface area (Å²) in [5.74, 6) is -2.17. The first-order chi connectivity index (χ1) is 16.5. The van der Waals surface area contributed by atoms with Crippen molar-refractivity contribution in [3.8, 4) is 0 Å². The van der Waals surface area contributed by atoms with Crippen LogP contribution in [0.4, 0.5) is 23.2 Å². The summed E-state index contributed by atoms with van der Waals surface area (Å²) in [5, 5.41) is 4.12. The summed E-state index contributed by atoms with van der Waals surface area (Å²) in [6.07, 6.45) is -4.86. The standard InChI is InChI=1S/C24H19F4N5O2/c1-13-20(21(24(26,27)28)31-33(13)12-14-7-9-15(25)10-8-14)32(2)23(35)19-11-17(22(29)34)16-5-3-4-6-18(16)30-19/h3-11H,12H2,1-2H3,(H2,29,34). The maximum atomic E-state index is 13.9. The van der Waals surface area contributed by atoms with Crippen molar-refractivity contribution in [1.29, 1.82) is 0 Å². The van der Waals surface area contributed by atoms with Crippen LogP contribution < -0.4 is 10.6 Å². The monoisotopic (exact) mass is 485 g/mol. The molecule has 0 fully saturated rings. The fraction of sp³-hybridized carbons (Fsp3) is 0.167. The van der Waals surface area contributed by atoms with E-state index in [4.69, 9.17) is 5.73 Å². The number of halogens is 4. The van der Waals surface area contributed by atoms with E-state index in [0.717, 1.165) is 15.6 Å². The molecule has 180 valence electrons. The third-order valence-electron chi connectivity index (χ3n) is 5.53. The van der Waals surface area contributed by atoms with Gasteiger partial charge in [0.1, 0.15) is 11.5 Å². The van der Waals surface area contributed by atoms with Gasteiger partial charge in [-0.25, -0.2) is 9.37 Å². The van der Waals surface area contributed by atoms with Gasteiger partial charge in [-0.3, -0.25) is 14.3 Å². The van der Waals surface area contributed by atoms with Crippen LogP contribution in [0.3, 0.4) is 0 Å². The topological polar surface area (TPSA) is 94.1 Å². The number of hydrogen-bond acceptors (Lipinski definition) is 4. The van der Waals surface area contributed by atoms with Crippen molar-refractivity contribution in [2.45, 2.75) is 19.6 Å². The van der Waals surface area contributed by atoms with Gasteiger partial charge in [-0.1, -0.05) is 30.3 Å². The van der Waals surface area contributed by atoms with E-state index in [9.17, 15) is 27.2 Å². The predicted molar refractivity (Wildman–Crippen MR) is 120 cm³/mol. The van der Waals surface area contributed by atoms with Crippen molar-refractivity contribution < 1.29 is 27.2 Å². The maximum Gasteiger partial charge on any atom is 0.437 e. The molecule has 0 radical (unpaired) electrons. The van der Waals surface area contributed by atoms with Crippen molar-refractivity contribution >= 4 is 28.4 Å². The smallest absolute Gasteiger partial charge is 0.366 e. The van der Waals surface area contributed by atoms with Crippen LogP contribution in [0.1, 0.15) is 37.8 Å². The molecule has 7 nitrogen and oxygen atoms in total. The van der Waals surface area contributed by atoms with Crippen LogP contribution in [0.5, 0.6) is 0 Å².